The highest BCUT2D eigenvalue weighted by molar-refractivity contribution is 5.65. The summed E-state index contributed by atoms with van der Waals surface area (Å²) in [5.74, 6) is 0.451. The Hall–Kier alpha value is -2.30. The van der Waals surface area contributed by atoms with E-state index in [0.717, 1.165) is 11.1 Å². The minimum atomic E-state index is -0.394. The van der Waals surface area contributed by atoms with Gasteiger partial charge in [-0.05, 0) is 17.7 Å². The Morgan fingerprint density at radius 3 is 2.81 bits per heavy atom. The molecule has 2 N–H and O–H groups in total. The van der Waals surface area contributed by atoms with E-state index in [9.17, 15) is 9.90 Å². The average molecular weight is 218 g/mol. The largest absolute Gasteiger partial charge is 0.504 e. The quantitative estimate of drug-likeness (QED) is 0.792. The molecule has 0 amide bonds. The number of rotatable bonds is 2. The van der Waals surface area contributed by atoms with E-state index in [2.05, 4.69) is 9.97 Å². The van der Waals surface area contributed by atoms with Gasteiger partial charge in [-0.3, -0.25) is 0 Å². The highest BCUT2D eigenvalue weighted by Crippen LogP contribution is 2.30. The number of H-pyrrole nitrogens is 1. The van der Waals surface area contributed by atoms with Gasteiger partial charge in [0.1, 0.15) is 0 Å². The van der Waals surface area contributed by atoms with Gasteiger partial charge in [0.05, 0.1) is 7.11 Å². The Balaban J connectivity index is 2.48. The van der Waals surface area contributed by atoms with E-state index in [1.807, 2.05) is 0 Å². The van der Waals surface area contributed by atoms with E-state index < -0.39 is 5.69 Å². The molecule has 2 aromatic rings. The molecule has 0 saturated carbocycles. The molecule has 0 aliphatic carbocycles. The van der Waals surface area contributed by atoms with Crippen molar-refractivity contribution >= 4 is 0 Å². The summed E-state index contributed by atoms with van der Waals surface area (Å²) >= 11 is 0. The lowest BCUT2D eigenvalue weighted by Gasteiger charge is -2.05. The van der Waals surface area contributed by atoms with Crippen LogP contribution < -0.4 is 10.4 Å². The fraction of sp³-hybridized carbons (Fsp3) is 0.0909. The molecular weight excluding hydrogens is 208 g/mol. The van der Waals surface area contributed by atoms with Crippen LogP contribution in [0.1, 0.15) is 0 Å². The lowest BCUT2D eigenvalue weighted by Crippen LogP contribution is -2.07. The lowest BCUT2D eigenvalue weighted by atomic mass is 10.1. The van der Waals surface area contributed by atoms with Crippen LogP contribution in [0, 0.1) is 0 Å². The topological polar surface area (TPSA) is 75.2 Å². The number of aromatic hydroxyl groups is 1. The maximum absolute atomic E-state index is 10.8. The van der Waals surface area contributed by atoms with E-state index in [1.54, 1.807) is 18.3 Å². The molecule has 5 heteroatoms. The molecule has 0 atom stereocenters. The van der Waals surface area contributed by atoms with Gasteiger partial charge in [0, 0.05) is 18.0 Å². The second-order valence-corrected chi connectivity index (χ2v) is 3.19. The number of phenols is 1. The van der Waals surface area contributed by atoms with Crippen LogP contribution in [0.3, 0.4) is 0 Å². The van der Waals surface area contributed by atoms with Crippen molar-refractivity contribution in [2.45, 2.75) is 0 Å². The zero-order valence-corrected chi connectivity index (χ0v) is 8.60. The Morgan fingerprint density at radius 2 is 2.19 bits per heavy atom. The summed E-state index contributed by atoms with van der Waals surface area (Å²) in [7, 11) is 1.48. The Labute approximate surface area is 91.4 Å². The summed E-state index contributed by atoms with van der Waals surface area (Å²) in [5, 5.41) is 9.43. The molecule has 0 saturated heterocycles. The molecule has 0 spiro atoms. The normalized spacial score (nSPS) is 10.1. The van der Waals surface area contributed by atoms with Crippen LogP contribution in [0.15, 0.2) is 35.4 Å². The van der Waals surface area contributed by atoms with Crippen molar-refractivity contribution in [3.8, 4) is 22.6 Å². The van der Waals surface area contributed by atoms with Crippen LogP contribution in [0.5, 0.6) is 11.5 Å². The maximum atomic E-state index is 10.8. The van der Waals surface area contributed by atoms with E-state index in [4.69, 9.17) is 4.74 Å². The first-order valence-electron chi connectivity index (χ1n) is 4.63. The third-order valence-corrected chi connectivity index (χ3v) is 2.19. The SMILES string of the molecule is COc1cc(-c2cnc(=O)[nH]c2)ccc1O. The summed E-state index contributed by atoms with van der Waals surface area (Å²) in [6, 6.07) is 4.91. The molecular formula is C11H10N2O3. The molecule has 0 fully saturated rings. The molecule has 16 heavy (non-hydrogen) atoms. The average Bonchev–Trinajstić information content (AvgIpc) is 2.31. The van der Waals surface area contributed by atoms with Gasteiger partial charge in [-0.2, -0.15) is 0 Å². The molecule has 0 radical (unpaired) electrons. The van der Waals surface area contributed by atoms with Crippen LogP contribution in [0.2, 0.25) is 0 Å². The van der Waals surface area contributed by atoms with Gasteiger partial charge >= 0.3 is 5.69 Å². The Morgan fingerprint density at radius 1 is 1.38 bits per heavy atom. The van der Waals surface area contributed by atoms with Gasteiger partial charge in [-0.1, -0.05) is 6.07 Å². The molecule has 5 nitrogen and oxygen atoms in total. The first-order chi connectivity index (χ1) is 7.70. The van der Waals surface area contributed by atoms with Gasteiger partial charge in [0.25, 0.3) is 0 Å². The number of phenolic OH excluding ortho intramolecular Hbond substituents is 1. The number of hydrogen-bond acceptors (Lipinski definition) is 4. The van der Waals surface area contributed by atoms with Crippen molar-refractivity contribution in [2.24, 2.45) is 0 Å². The number of nitrogens with zero attached hydrogens (tertiary/aromatic N) is 1. The van der Waals surface area contributed by atoms with Crippen molar-refractivity contribution < 1.29 is 9.84 Å². The number of benzene rings is 1. The first-order valence-corrected chi connectivity index (χ1v) is 4.63. The zero-order valence-electron chi connectivity index (χ0n) is 8.60. The van der Waals surface area contributed by atoms with Gasteiger partial charge in [-0.15, -0.1) is 0 Å². The number of hydrogen-bond donors (Lipinski definition) is 2. The van der Waals surface area contributed by atoms with Crippen LogP contribution in [-0.2, 0) is 0 Å². The smallest absolute Gasteiger partial charge is 0.344 e. The number of nitrogens with one attached hydrogen (secondary N) is 1. The fourth-order valence-electron chi connectivity index (χ4n) is 1.36. The van der Waals surface area contributed by atoms with Gasteiger partial charge < -0.3 is 14.8 Å². The van der Waals surface area contributed by atoms with Crippen molar-refractivity contribution in [1.29, 1.82) is 0 Å². The molecule has 2 rings (SSSR count). The molecule has 1 heterocycles. The number of aromatic amines is 1. The monoisotopic (exact) mass is 218 g/mol. The number of ether oxygens (including phenoxy) is 1. The van der Waals surface area contributed by atoms with Crippen LogP contribution in [0.4, 0.5) is 0 Å². The molecule has 82 valence electrons. The summed E-state index contributed by atoms with van der Waals surface area (Å²) in [6.07, 6.45) is 3.02. The number of methoxy groups -OCH3 is 1. The van der Waals surface area contributed by atoms with E-state index in [1.165, 1.54) is 19.4 Å². The molecule has 0 unspecified atom stereocenters. The Kier molecular flexibility index (Phi) is 2.59. The van der Waals surface area contributed by atoms with Crippen LogP contribution >= 0.6 is 0 Å². The molecule has 1 aromatic carbocycles. The lowest BCUT2D eigenvalue weighted by molar-refractivity contribution is 0.373. The van der Waals surface area contributed by atoms with Crippen LogP contribution in [-0.4, -0.2) is 22.2 Å². The second-order valence-electron chi connectivity index (χ2n) is 3.19. The van der Waals surface area contributed by atoms with Crippen LogP contribution in [0.25, 0.3) is 11.1 Å². The van der Waals surface area contributed by atoms with E-state index in [0.29, 0.717) is 5.75 Å². The van der Waals surface area contributed by atoms with Crippen molar-refractivity contribution in [3.05, 3.63) is 41.1 Å². The van der Waals surface area contributed by atoms with Gasteiger partial charge in [0.15, 0.2) is 11.5 Å². The first kappa shape index (κ1) is 10.2. The van der Waals surface area contributed by atoms with E-state index >= 15 is 0 Å². The number of aromatic nitrogens is 2. The van der Waals surface area contributed by atoms with Gasteiger partial charge in [-0.25, -0.2) is 9.78 Å². The minimum Gasteiger partial charge on any atom is -0.504 e. The Bertz CT molecular complexity index is 543. The summed E-state index contributed by atoms with van der Waals surface area (Å²) in [4.78, 5) is 16.9. The fourth-order valence-corrected chi connectivity index (χ4v) is 1.36. The molecule has 0 aliphatic rings. The minimum absolute atomic E-state index is 0.0728. The second kappa shape index (κ2) is 4.06. The highest BCUT2D eigenvalue weighted by Gasteiger charge is 2.04. The summed E-state index contributed by atoms with van der Waals surface area (Å²) in [5.41, 5.74) is 1.16. The summed E-state index contributed by atoms with van der Waals surface area (Å²) < 4.78 is 4.99. The van der Waals surface area contributed by atoms with E-state index in [-0.39, 0.29) is 5.75 Å². The highest BCUT2D eigenvalue weighted by atomic mass is 16.5. The predicted molar refractivity (Wildman–Crippen MR) is 58.5 cm³/mol. The van der Waals surface area contributed by atoms with Crippen molar-refractivity contribution in [1.82, 2.24) is 9.97 Å². The molecule has 0 aliphatic heterocycles. The maximum Gasteiger partial charge on any atom is 0.344 e. The predicted octanol–water partition coefficient (Wildman–Crippen LogP) is 1.15. The van der Waals surface area contributed by atoms with Crippen molar-refractivity contribution in [2.75, 3.05) is 7.11 Å². The third kappa shape index (κ3) is 1.88. The molecule has 1 aromatic heterocycles. The molecule has 0 bridgehead atoms. The zero-order chi connectivity index (χ0) is 11.5. The standard InChI is InChI=1S/C11H10N2O3/c1-16-10-4-7(2-3-9(10)14)8-5-12-11(15)13-6-8/h2-6,14H,1H3,(H,12,13,15). The van der Waals surface area contributed by atoms with Gasteiger partial charge in [0.2, 0.25) is 0 Å². The summed E-state index contributed by atoms with van der Waals surface area (Å²) in [6.45, 7) is 0. The third-order valence-electron chi connectivity index (χ3n) is 2.19. The van der Waals surface area contributed by atoms with Crippen molar-refractivity contribution in [3.63, 3.8) is 0 Å².